The minimum absolute atomic E-state index is 0.463. The minimum Gasteiger partial charge on any atom is -0.102 e. The fourth-order valence-electron chi connectivity index (χ4n) is 1.73. The van der Waals surface area contributed by atoms with Gasteiger partial charge in [-0.15, -0.1) is 6.58 Å². The zero-order valence-electron chi connectivity index (χ0n) is 9.51. The van der Waals surface area contributed by atoms with Crippen LogP contribution < -0.4 is 0 Å². The van der Waals surface area contributed by atoms with Gasteiger partial charge in [-0.25, -0.2) is 0 Å². The fraction of sp³-hybridized carbons (Fsp3) is 0.429. The van der Waals surface area contributed by atoms with Crippen molar-refractivity contribution in [2.24, 2.45) is 0 Å². The Kier molecular flexibility index (Phi) is 3.94. The van der Waals surface area contributed by atoms with E-state index >= 15 is 0 Å². The Morgan fingerprint density at radius 1 is 1.36 bits per heavy atom. The third kappa shape index (κ3) is 2.73. The number of benzene rings is 1. The Balaban J connectivity index is 3.00. The molecule has 1 aromatic carbocycles. The van der Waals surface area contributed by atoms with E-state index in [1.165, 1.54) is 29.5 Å². The van der Waals surface area contributed by atoms with Gasteiger partial charge in [0.1, 0.15) is 0 Å². The average Bonchev–Trinajstić information content (AvgIpc) is 2.16. The highest BCUT2D eigenvalue weighted by molar-refractivity contribution is 5.33. The van der Waals surface area contributed by atoms with Gasteiger partial charge >= 0.3 is 0 Å². The molecule has 0 aliphatic heterocycles. The quantitative estimate of drug-likeness (QED) is 0.620. The summed E-state index contributed by atoms with van der Waals surface area (Å²) in [6.45, 7) is 10.4. The largest absolute Gasteiger partial charge is 0.102 e. The standard InChI is InChI=1S/C14H20/c1-5-7-13-8-11(3)9-14(10-13)12(4)6-2/h6,8-10,12H,2,5,7H2,1,3-4H3. The van der Waals surface area contributed by atoms with Crippen LogP contribution in [0.2, 0.25) is 0 Å². The van der Waals surface area contributed by atoms with Crippen molar-refractivity contribution in [2.45, 2.75) is 39.5 Å². The molecule has 0 aromatic heterocycles. The van der Waals surface area contributed by atoms with Gasteiger partial charge in [-0.1, -0.05) is 50.1 Å². The first-order valence-corrected chi connectivity index (χ1v) is 5.40. The van der Waals surface area contributed by atoms with E-state index in [2.05, 4.69) is 45.5 Å². The zero-order valence-corrected chi connectivity index (χ0v) is 9.51. The summed E-state index contributed by atoms with van der Waals surface area (Å²) >= 11 is 0. The van der Waals surface area contributed by atoms with Gasteiger partial charge < -0.3 is 0 Å². The van der Waals surface area contributed by atoms with Crippen molar-refractivity contribution >= 4 is 0 Å². The van der Waals surface area contributed by atoms with Gasteiger partial charge in [0.15, 0.2) is 0 Å². The molecule has 0 N–H and O–H groups in total. The number of aryl methyl sites for hydroxylation is 2. The molecule has 0 saturated carbocycles. The van der Waals surface area contributed by atoms with Crippen molar-refractivity contribution in [3.05, 3.63) is 47.5 Å². The molecule has 76 valence electrons. The highest BCUT2D eigenvalue weighted by Crippen LogP contribution is 2.20. The molecule has 0 spiro atoms. The van der Waals surface area contributed by atoms with Gasteiger partial charge in [0.05, 0.1) is 0 Å². The molecule has 0 heterocycles. The maximum Gasteiger partial charge on any atom is -0.00129 e. The van der Waals surface area contributed by atoms with E-state index in [9.17, 15) is 0 Å². The van der Waals surface area contributed by atoms with E-state index < -0.39 is 0 Å². The van der Waals surface area contributed by atoms with Crippen LogP contribution in [0.25, 0.3) is 0 Å². The predicted octanol–water partition coefficient (Wildman–Crippen LogP) is 4.24. The van der Waals surface area contributed by atoms with Crippen molar-refractivity contribution in [1.82, 2.24) is 0 Å². The van der Waals surface area contributed by atoms with Crippen molar-refractivity contribution in [3.63, 3.8) is 0 Å². The van der Waals surface area contributed by atoms with E-state index in [-0.39, 0.29) is 0 Å². The van der Waals surface area contributed by atoms with Gasteiger partial charge in [-0.3, -0.25) is 0 Å². The summed E-state index contributed by atoms with van der Waals surface area (Å²) in [7, 11) is 0. The summed E-state index contributed by atoms with van der Waals surface area (Å²) in [6.07, 6.45) is 4.40. The average molecular weight is 188 g/mol. The van der Waals surface area contributed by atoms with Crippen LogP contribution >= 0.6 is 0 Å². The molecular weight excluding hydrogens is 168 g/mol. The molecule has 0 radical (unpaired) electrons. The minimum atomic E-state index is 0.463. The lowest BCUT2D eigenvalue weighted by Crippen LogP contribution is -1.93. The molecule has 1 atom stereocenters. The van der Waals surface area contributed by atoms with Gasteiger partial charge in [-0.2, -0.15) is 0 Å². The third-order valence-corrected chi connectivity index (χ3v) is 2.58. The van der Waals surface area contributed by atoms with Crippen LogP contribution in [0.5, 0.6) is 0 Å². The van der Waals surface area contributed by atoms with E-state index in [1.54, 1.807) is 0 Å². The smallest absolute Gasteiger partial charge is 0.00129 e. The maximum absolute atomic E-state index is 3.84. The maximum atomic E-state index is 3.84. The second-order valence-electron chi connectivity index (χ2n) is 4.03. The molecule has 1 unspecified atom stereocenters. The Bertz CT molecular complexity index is 310. The van der Waals surface area contributed by atoms with Crippen molar-refractivity contribution < 1.29 is 0 Å². The van der Waals surface area contributed by atoms with Gasteiger partial charge in [0, 0.05) is 0 Å². The SMILES string of the molecule is C=CC(C)c1cc(C)cc(CCC)c1. The van der Waals surface area contributed by atoms with Crippen molar-refractivity contribution in [1.29, 1.82) is 0 Å². The van der Waals surface area contributed by atoms with Crippen LogP contribution in [0.15, 0.2) is 30.9 Å². The number of allylic oxidation sites excluding steroid dienone is 1. The monoisotopic (exact) mass is 188 g/mol. The zero-order chi connectivity index (χ0) is 10.6. The first-order valence-electron chi connectivity index (χ1n) is 5.40. The van der Waals surface area contributed by atoms with Crippen molar-refractivity contribution in [2.75, 3.05) is 0 Å². The second kappa shape index (κ2) is 4.99. The topological polar surface area (TPSA) is 0 Å². The second-order valence-corrected chi connectivity index (χ2v) is 4.03. The summed E-state index contributed by atoms with van der Waals surface area (Å²) < 4.78 is 0. The van der Waals surface area contributed by atoms with Crippen LogP contribution in [0, 0.1) is 6.92 Å². The fourth-order valence-corrected chi connectivity index (χ4v) is 1.73. The molecule has 0 heteroatoms. The normalized spacial score (nSPS) is 12.5. The first kappa shape index (κ1) is 11.0. The molecule has 1 aromatic rings. The van der Waals surface area contributed by atoms with Gasteiger partial charge in [-0.05, 0) is 30.4 Å². The molecule has 0 aliphatic carbocycles. The Labute approximate surface area is 87.7 Å². The van der Waals surface area contributed by atoms with E-state index in [1.807, 2.05) is 6.08 Å². The molecular formula is C14H20. The molecule has 0 nitrogen and oxygen atoms in total. The Morgan fingerprint density at radius 3 is 2.64 bits per heavy atom. The number of hydrogen-bond donors (Lipinski definition) is 0. The number of rotatable bonds is 4. The van der Waals surface area contributed by atoms with Gasteiger partial charge in [0.25, 0.3) is 0 Å². The van der Waals surface area contributed by atoms with Crippen molar-refractivity contribution in [3.8, 4) is 0 Å². The van der Waals surface area contributed by atoms with Crippen LogP contribution in [-0.2, 0) is 6.42 Å². The third-order valence-electron chi connectivity index (χ3n) is 2.58. The summed E-state index contributed by atoms with van der Waals surface area (Å²) in [5, 5.41) is 0. The Morgan fingerprint density at radius 2 is 2.07 bits per heavy atom. The summed E-state index contributed by atoms with van der Waals surface area (Å²) in [4.78, 5) is 0. The molecule has 14 heavy (non-hydrogen) atoms. The lowest BCUT2D eigenvalue weighted by atomic mass is 9.95. The lowest BCUT2D eigenvalue weighted by molar-refractivity contribution is 0.903. The van der Waals surface area contributed by atoms with E-state index in [0.29, 0.717) is 5.92 Å². The predicted molar refractivity (Wildman–Crippen MR) is 63.8 cm³/mol. The van der Waals surface area contributed by atoms with Crippen LogP contribution in [0.3, 0.4) is 0 Å². The highest BCUT2D eigenvalue weighted by Gasteiger charge is 2.03. The van der Waals surface area contributed by atoms with Gasteiger partial charge in [0.2, 0.25) is 0 Å². The van der Waals surface area contributed by atoms with Crippen LogP contribution in [-0.4, -0.2) is 0 Å². The first-order chi connectivity index (χ1) is 6.67. The summed E-state index contributed by atoms with van der Waals surface area (Å²) in [5.41, 5.74) is 4.21. The van der Waals surface area contributed by atoms with E-state index in [0.717, 1.165) is 0 Å². The lowest BCUT2D eigenvalue weighted by Gasteiger charge is -2.10. The molecule has 1 rings (SSSR count). The highest BCUT2D eigenvalue weighted by atomic mass is 14.1. The summed E-state index contributed by atoms with van der Waals surface area (Å²) in [6, 6.07) is 6.84. The Hall–Kier alpha value is -1.04. The van der Waals surface area contributed by atoms with Crippen LogP contribution in [0.1, 0.15) is 42.9 Å². The molecule has 0 saturated heterocycles. The van der Waals surface area contributed by atoms with E-state index in [4.69, 9.17) is 0 Å². The summed E-state index contributed by atoms with van der Waals surface area (Å²) in [5.74, 6) is 0.463. The molecule has 0 amide bonds. The molecule has 0 bridgehead atoms. The molecule has 0 aliphatic rings. The molecule has 0 fully saturated rings. The number of hydrogen-bond acceptors (Lipinski definition) is 0. The van der Waals surface area contributed by atoms with Crippen LogP contribution in [0.4, 0.5) is 0 Å².